The molecule has 3 saturated heterocycles. The van der Waals surface area contributed by atoms with Gasteiger partial charge in [0, 0.05) is 136 Å². The van der Waals surface area contributed by atoms with Crippen molar-refractivity contribution in [2.45, 2.75) is 62.3 Å². The number of thiazole rings is 3. The first-order valence-corrected chi connectivity index (χ1v) is 34.5. The van der Waals surface area contributed by atoms with E-state index in [4.69, 9.17) is 52.7 Å². The molecule has 9 heterocycles. The minimum Gasteiger partial charge on any atom is -0.481 e. The number of benzene rings is 3. The monoisotopic (exact) mass is 1550 g/mol. The summed E-state index contributed by atoms with van der Waals surface area (Å²) in [6, 6.07) is 8.94. The Bertz CT molecular complexity index is 4140. The third-order valence-corrected chi connectivity index (χ3v) is 19.5. The van der Waals surface area contributed by atoms with Crippen LogP contribution < -0.4 is 16.0 Å². The molecule has 6 aliphatic rings. The Morgan fingerprint density at radius 2 is 0.850 bits per heavy atom. The first kappa shape index (κ1) is 74.2. The number of carboxylic acids is 3. The van der Waals surface area contributed by atoms with E-state index in [-0.39, 0.29) is 105 Å². The molecular weight excluding hydrogens is 1490 g/mol. The maximum absolute atomic E-state index is 14.6. The summed E-state index contributed by atoms with van der Waals surface area (Å²) in [5, 5.41) is 43.5. The molecule has 100 heavy (non-hydrogen) atoms. The van der Waals surface area contributed by atoms with Crippen molar-refractivity contribution < 1.29 is 84.6 Å². The number of hydrogen-bond acceptors (Lipinski definition) is 24. The summed E-state index contributed by atoms with van der Waals surface area (Å²) in [5.74, 6) is -6.63. The maximum Gasteiger partial charge on any atom is 0.344 e. The summed E-state index contributed by atoms with van der Waals surface area (Å²) >= 11 is 19.9. The fourth-order valence-electron chi connectivity index (χ4n) is 11.4. The largest absolute Gasteiger partial charge is 0.481 e. The highest BCUT2D eigenvalue weighted by Crippen LogP contribution is 2.42. The Balaban J connectivity index is 0.000000162. The lowest BCUT2D eigenvalue weighted by molar-refractivity contribution is -0.163. The molecule has 36 heteroatoms. The van der Waals surface area contributed by atoms with Gasteiger partial charge < -0.3 is 45.5 Å². The predicted molar refractivity (Wildman–Crippen MR) is 360 cm³/mol. The molecule has 6 aromatic rings. The molecule has 0 spiro atoms. The van der Waals surface area contributed by atoms with Crippen molar-refractivity contribution in [1.82, 2.24) is 45.6 Å². The number of amidine groups is 3. The van der Waals surface area contributed by atoms with Gasteiger partial charge in [-0.2, -0.15) is 0 Å². The van der Waals surface area contributed by atoms with Crippen molar-refractivity contribution in [3.05, 3.63) is 187 Å². The number of carboxylic acid groups (broad SMARTS) is 3. The third-order valence-electron chi connectivity index (χ3n) is 15.8. The van der Waals surface area contributed by atoms with Gasteiger partial charge in [0.1, 0.15) is 41.2 Å². The SMILES string of the molecule is CCOC(=O)C1=C(CN2CC(F)(C(=O)O)C2)NC(c2nccs2)=N[C@H]1c1ccc(F)cc1Br.CCOC(=O)C1=C(CN2CC(F)(C(=O)O)C2)NC(c2nccs2)=N[C@H]1c1ccc(F)cc1Cl.CCOC(=O)C1=C(CN2CC(F)(CC(=O)O)C2)NC(c2nccs2)=N[C@H]1c1ccc(F)cc1Cl. The topological polar surface area (TPSA) is 312 Å². The van der Waals surface area contributed by atoms with E-state index < -0.39 is 94.8 Å². The number of aliphatic carboxylic acids is 3. The lowest BCUT2D eigenvalue weighted by Crippen LogP contribution is -2.64. The van der Waals surface area contributed by atoms with Crippen LogP contribution in [-0.2, 0) is 43.0 Å². The summed E-state index contributed by atoms with van der Waals surface area (Å²) in [6.45, 7) is 3.99. The number of carbonyl (C=O) groups is 6. The smallest absolute Gasteiger partial charge is 0.344 e. The number of halogens is 9. The van der Waals surface area contributed by atoms with Gasteiger partial charge in [-0.25, -0.2) is 65.3 Å². The minimum absolute atomic E-state index is 0.0345. The molecule has 6 N–H and O–H groups in total. The highest BCUT2D eigenvalue weighted by Gasteiger charge is 2.53. The van der Waals surface area contributed by atoms with Gasteiger partial charge in [0.05, 0.1) is 43.0 Å². The second-order valence-corrected chi connectivity index (χ2v) is 27.4. The number of esters is 3. The second-order valence-electron chi connectivity index (χ2n) is 23.1. The number of hydrogen-bond donors (Lipinski definition) is 6. The van der Waals surface area contributed by atoms with Gasteiger partial charge in [0.15, 0.2) is 32.5 Å². The fourth-order valence-corrected chi connectivity index (χ4v) is 14.3. The van der Waals surface area contributed by atoms with Crippen LogP contribution in [0.4, 0.5) is 26.3 Å². The zero-order valence-corrected chi connectivity index (χ0v) is 58.3. The predicted octanol–water partition coefficient (Wildman–Crippen LogP) is 9.36. The van der Waals surface area contributed by atoms with Gasteiger partial charge in [-0.15, -0.1) is 34.0 Å². The molecule has 3 aromatic carbocycles. The molecule has 3 atom stereocenters. The molecule has 528 valence electrons. The molecule has 0 radical (unpaired) electrons. The summed E-state index contributed by atoms with van der Waals surface area (Å²) < 4.78 is 101. The second kappa shape index (κ2) is 31.6. The maximum atomic E-state index is 14.6. The zero-order chi connectivity index (χ0) is 72.0. The highest BCUT2D eigenvalue weighted by molar-refractivity contribution is 9.10. The molecule has 12 rings (SSSR count). The van der Waals surface area contributed by atoms with Gasteiger partial charge in [0.25, 0.3) is 0 Å². The van der Waals surface area contributed by atoms with E-state index in [0.29, 0.717) is 70.8 Å². The first-order chi connectivity index (χ1) is 47.6. The van der Waals surface area contributed by atoms with Crippen molar-refractivity contribution >= 4 is 126 Å². The molecule has 0 saturated carbocycles. The van der Waals surface area contributed by atoms with E-state index in [1.807, 2.05) is 0 Å². The number of rotatable bonds is 22. The highest BCUT2D eigenvalue weighted by atomic mass is 79.9. The van der Waals surface area contributed by atoms with Crippen LogP contribution in [0.15, 0.2) is 143 Å². The van der Waals surface area contributed by atoms with Crippen LogP contribution in [0.3, 0.4) is 0 Å². The van der Waals surface area contributed by atoms with Crippen molar-refractivity contribution in [2.24, 2.45) is 15.0 Å². The van der Waals surface area contributed by atoms with E-state index in [1.54, 1.807) is 70.2 Å². The van der Waals surface area contributed by atoms with E-state index in [0.717, 1.165) is 12.1 Å². The number of alkyl halides is 3. The van der Waals surface area contributed by atoms with Gasteiger partial charge >= 0.3 is 35.8 Å². The fraction of sp³-hybridized carbons (Fsp3) is 0.344. The molecule has 6 aliphatic heterocycles. The van der Waals surface area contributed by atoms with Crippen LogP contribution in [0, 0.1) is 17.5 Å². The molecule has 0 unspecified atom stereocenters. The van der Waals surface area contributed by atoms with Crippen LogP contribution in [0.2, 0.25) is 10.0 Å². The summed E-state index contributed by atoms with van der Waals surface area (Å²) in [7, 11) is 0. The Labute approximate surface area is 595 Å². The number of ether oxygens (including phenoxy) is 3. The average molecular weight is 1550 g/mol. The molecule has 0 bridgehead atoms. The summed E-state index contributed by atoms with van der Waals surface area (Å²) in [6.07, 6.45) is 4.21. The molecule has 24 nitrogen and oxygen atoms in total. The Kier molecular flexibility index (Phi) is 23.5. The van der Waals surface area contributed by atoms with Crippen LogP contribution in [0.25, 0.3) is 0 Å². The van der Waals surface area contributed by atoms with E-state index >= 15 is 0 Å². The van der Waals surface area contributed by atoms with E-state index in [9.17, 15) is 55.1 Å². The van der Waals surface area contributed by atoms with Crippen molar-refractivity contribution in [1.29, 1.82) is 0 Å². The number of nitrogens with one attached hydrogen (secondary N) is 3. The number of nitrogens with zero attached hydrogens (tertiary/aromatic N) is 9. The van der Waals surface area contributed by atoms with Crippen LogP contribution in [-0.4, -0.2) is 194 Å². The Hall–Kier alpha value is -8.48. The Morgan fingerprint density at radius 1 is 0.530 bits per heavy atom. The minimum atomic E-state index is -2.34. The number of aliphatic imine (C=N–C) groups is 3. The molecule has 0 aliphatic carbocycles. The first-order valence-electron chi connectivity index (χ1n) is 30.3. The zero-order valence-electron chi connectivity index (χ0n) is 52.8. The Morgan fingerprint density at radius 3 is 1.14 bits per heavy atom. The number of carbonyl (C=O) groups excluding carboxylic acids is 3. The van der Waals surface area contributed by atoms with Crippen LogP contribution in [0.1, 0.15) is 77.0 Å². The van der Waals surface area contributed by atoms with Crippen molar-refractivity contribution in [3.8, 4) is 0 Å². The molecule has 0 amide bonds. The van der Waals surface area contributed by atoms with Crippen LogP contribution in [0.5, 0.6) is 0 Å². The average Bonchev–Trinajstić information content (AvgIpc) is 1.58. The number of aromatic nitrogens is 3. The number of likely N-dealkylation sites (tertiary alicyclic amines) is 3. The van der Waals surface area contributed by atoms with Gasteiger partial charge in [0.2, 0.25) is 11.3 Å². The van der Waals surface area contributed by atoms with E-state index in [1.165, 1.54) is 76.5 Å². The van der Waals surface area contributed by atoms with Gasteiger partial charge in [-0.05, 0) is 62.7 Å². The van der Waals surface area contributed by atoms with E-state index in [2.05, 4.69) is 61.8 Å². The molecule has 3 aromatic heterocycles. The van der Waals surface area contributed by atoms with Gasteiger partial charge in [-0.3, -0.25) is 34.5 Å². The lowest BCUT2D eigenvalue weighted by Gasteiger charge is -2.44. The van der Waals surface area contributed by atoms with Crippen molar-refractivity contribution in [3.63, 3.8) is 0 Å². The van der Waals surface area contributed by atoms with Gasteiger partial charge in [-0.1, -0.05) is 57.3 Å². The quantitative estimate of drug-likeness (QED) is 0.0209. The standard InChI is InChI=1S/C22H21ClF2N4O4S.C21H19BrF2N4O4S.C21H19ClF2N4O4S/c1-2-33-21(32)17-15(9-29-10-22(25,11-29)8-16(30)31)27-19(20-26-5-6-34-20)28-18(17)13-4-3-12(24)7-14(13)23;2*1-2-32-19(29)15-14(8-28-9-21(24,10-28)20(30)31)26-17(18-25-5-6-33-18)27-16(15)12-4-3-11(23)7-13(12)22/h3-7,18H,2,8-11H2,1H3,(H,27,28)(H,30,31);2*3-7,16H,2,8-10H2,1H3,(H,26,27)(H,30,31)/t18-;2*16-/m000/s1. The summed E-state index contributed by atoms with van der Waals surface area (Å²) in [5.41, 5.74) is -3.60. The third kappa shape index (κ3) is 16.9. The molecule has 3 fully saturated rings. The lowest BCUT2D eigenvalue weighted by atomic mass is 9.91. The summed E-state index contributed by atoms with van der Waals surface area (Å²) in [4.78, 5) is 104. The van der Waals surface area contributed by atoms with Crippen molar-refractivity contribution in [2.75, 3.05) is 78.7 Å². The molecular formula is C64H59BrCl2F6N12O12S3. The van der Waals surface area contributed by atoms with Crippen LogP contribution >= 0.6 is 73.1 Å². The normalized spacial score (nSPS) is 19.9.